The zero-order valence-electron chi connectivity index (χ0n) is 13.0. The van der Waals surface area contributed by atoms with Crippen molar-refractivity contribution in [1.29, 1.82) is 0 Å². The van der Waals surface area contributed by atoms with E-state index in [-0.39, 0.29) is 6.04 Å². The SMILES string of the molecule is CCOC(=NC(C)C=Cc1ccccc1)Oc1ccccc1. The Hall–Kier alpha value is -2.55. The van der Waals surface area contributed by atoms with E-state index >= 15 is 0 Å². The van der Waals surface area contributed by atoms with Crippen LogP contribution < -0.4 is 4.74 Å². The van der Waals surface area contributed by atoms with Gasteiger partial charge < -0.3 is 9.47 Å². The molecule has 114 valence electrons. The molecule has 1 unspecified atom stereocenters. The minimum atomic E-state index is -0.0366. The fraction of sp³-hybridized carbons (Fsp3) is 0.211. The van der Waals surface area contributed by atoms with Crippen LogP contribution in [-0.2, 0) is 4.74 Å². The average molecular weight is 295 g/mol. The zero-order valence-corrected chi connectivity index (χ0v) is 13.0. The van der Waals surface area contributed by atoms with E-state index in [9.17, 15) is 0 Å². The summed E-state index contributed by atoms with van der Waals surface area (Å²) in [6.07, 6.45) is 4.35. The van der Waals surface area contributed by atoms with Crippen LogP contribution in [0.1, 0.15) is 19.4 Å². The minimum absolute atomic E-state index is 0.0366. The Balaban J connectivity index is 2.03. The van der Waals surface area contributed by atoms with Gasteiger partial charge in [-0.3, -0.25) is 0 Å². The molecule has 0 spiro atoms. The van der Waals surface area contributed by atoms with Crippen molar-refractivity contribution in [1.82, 2.24) is 0 Å². The molecule has 0 N–H and O–H groups in total. The zero-order chi connectivity index (χ0) is 15.6. The lowest BCUT2D eigenvalue weighted by molar-refractivity contribution is 0.248. The summed E-state index contributed by atoms with van der Waals surface area (Å²) in [7, 11) is 0. The van der Waals surface area contributed by atoms with Crippen LogP contribution in [0.25, 0.3) is 6.08 Å². The monoisotopic (exact) mass is 295 g/mol. The molecule has 2 aromatic carbocycles. The molecule has 0 heterocycles. The van der Waals surface area contributed by atoms with Gasteiger partial charge in [-0.15, -0.1) is 0 Å². The molecule has 3 heteroatoms. The third kappa shape index (κ3) is 5.44. The molecule has 0 saturated heterocycles. The molecule has 0 aliphatic rings. The fourth-order valence-corrected chi connectivity index (χ4v) is 1.83. The predicted octanol–water partition coefficient (Wildman–Crippen LogP) is 4.56. The van der Waals surface area contributed by atoms with Crippen molar-refractivity contribution in [2.45, 2.75) is 19.9 Å². The Morgan fingerprint density at radius 2 is 1.68 bits per heavy atom. The van der Waals surface area contributed by atoms with Crippen LogP contribution in [0.15, 0.2) is 71.7 Å². The van der Waals surface area contributed by atoms with E-state index in [4.69, 9.17) is 9.47 Å². The Kier molecular flexibility index (Phi) is 6.24. The van der Waals surface area contributed by atoms with E-state index in [1.807, 2.05) is 74.5 Å². The molecule has 0 bridgehead atoms. The fourth-order valence-electron chi connectivity index (χ4n) is 1.83. The van der Waals surface area contributed by atoms with Crippen LogP contribution in [0.3, 0.4) is 0 Å². The van der Waals surface area contributed by atoms with Gasteiger partial charge in [0.1, 0.15) is 5.75 Å². The molecule has 2 aromatic rings. The van der Waals surface area contributed by atoms with Gasteiger partial charge in [0.15, 0.2) is 0 Å². The molecule has 0 saturated carbocycles. The van der Waals surface area contributed by atoms with Crippen molar-refractivity contribution in [3.8, 4) is 5.75 Å². The number of rotatable bonds is 5. The minimum Gasteiger partial charge on any atom is -0.451 e. The van der Waals surface area contributed by atoms with Crippen LogP contribution in [0.2, 0.25) is 0 Å². The summed E-state index contributed by atoms with van der Waals surface area (Å²) in [5, 5.41) is 0. The van der Waals surface area contributed by atoms with Gasteiger partial charge in [0.05, 0.1) is 12.6 Å². The second kappa shape index (κ2) is 8.67. The van der Waals surface area contributed by atoms with E-state index in [1.165, 1.54) is 0 Å². The molecular weight excluding hydrogens is 274 g/mol. The topological polar surface area (TPSA) is 30.8 Å². The van der Waals surface area contributed by atoms with E-state index in [0.29, 0.717) is 18.4 Å². The van der Waals surface area contributed by atoms with Crippen LogP contribution in [0.5, 0.6) is 5.75 Å². The number of ether oxygens (including phenoxy) is 2. The summed E-state index contributed by atoms with van der Waals surface area (Å²) < 4.78 is 11.1. The van der Waals surface area contributed by atoms with Crippen molar-refractivity contribution >= 4 is 12.2 Å². The third-order valence-electron chi connectivity index (χ3n) is 2.89. The van der Waals surface area contributed by atoms with Gasteiger partial charge >= 0.3 is 6.08 Å². The highest BCUT2D eigenvalue weighted by molar-refractivity contribution is 5.70. The van der Waals surface area contributed by atoms with Crippen molar-refractivity contribution < 1.29 is 9.47 Å². The highest BCUT2D eigenvalue weighted by Gasteiger charge is 2.05. The summed E-state index contributed by atoms with van der Waals surface area (Å²) in [6, 6.07) is 19.6. The molecule has 1 atom stereocenters. The van der Waals surface area contributed by atoms with Gasteiger partial charge in [-0.2, -0.15) is 0 Å². The quantitative estimate of drug-likeness (QED) is 0.598. The molecule has 2 rings (SSSR count). The number of hydrogen-bond acceptors (Lipinski definition) is 3. The van der Waals surface area contributed by atoms with Crippen LogP contribution in [0.4, 0.5) is 0 Å². The summed E-state index contributed by atoms with van der Waals surface area (Å²) >= 11 is 0. The predicted molar refractivity (Wildman–Crippen MR) is 91.1 cm³/mol. The highest BCUT2D eigenvalue weighted by Crippen LogP contribution is 2.10. The first-order valence-electron chi connectivity index (χ1n) is 7.44. The van der Waals surface area contributed by atoms with E-state index in [1.54, 1.807) is 0 Å². The molecule has 3 nitrogen and oxygen atoms in total. The Bertz CT molecular complexity index is 606. The maximum Gasteiger partial charge on any atom is 0.389 e. The summed E-state index contributed by atoms with van der Waals surface area (Å²) in [5.41, 5.74) is 1.14. The maximum atomic E-state index is 5.67. The lowest BCUT2D eigenvalue weighted by atomic mass is 10.2. The van der Waals surface area contributed by atoms with E-state index in [0.717, 1.165) is 5.56 Å². The maximum absolute atomic E-state index is 5.67. The number of hydrogen-bond donors (Lipinski definition) is 0. The Morgan fingerprint density at radius 3 is 2.32 bits per heavy atom. The highest BCUT2D eigenvalue weighted by atomic mass is 16.7. The standard InChI is InChI=1S/C19H21NO2/c1-3-21-19(22-18-12-8-5-9-13-18)20-16(2)14-15-17-10-6-4-7-11-17/h4-16H,3H2,1-2H3. The van der Waals surface area contributed by atoms with Gasteiger partial charge in [-0.1, -0.05) is 60.7 Å². The van der Waals surface area contributed by atoms with Gasteiger partial charge in [0.25, 0.3) is 0 Å². The molecule has 22 heavy (non-hydrogen) atoms. The Labute approximate surface area is 131 Å². The lowest BCUT2D eigenvalue weighted by Crippen LogP contribution is -2.15. The number of para-hydroxylation sites is 1. The lowest BCUT2D eigenvalue weighted by Gasteiger charge is -2.10. The smallest absolute Gasteiger partial charge is 0.389 e. The van der Waals surface area contributed by atoms with Crippen LogP contribution >= 0.6 is 0 Å². The Morgan fingerprint density at radius 1 is 1.05 bits per heavy atom. The molecular formula is C19H21NO2. The molecule has 0 fully saturated rings. The molecule has 0 amide bonds. The molecule has 0 aromatic heterocycles. The molecule has 0 aliphatic heterocycles. The summed E-state index contributed by atoms with van der Waals surface area (Å²) in [6.45, 7) is 4.42. The van der Waals surface area contributed by atoms with Crippen LogP contribution in [0, 0.1) is 0 Å². The van der Waals surface area contributed by atoms with Crippen LogP contribution in [-0.4, -0.2) is 18.7 Å². The first kappa shape index (κ1) is 15.8. The largest absolute Gasteiger partial charge is 0.451 e. The van der Waals surface area contributed by atoms with Crippen molar-refractivity contribution in [2.24, 2.45) is 4.99 Å². The second-order valence-electron chi connectivity index (χ2n) is 4.75. The van der Waals surface area contributed by atoms with Gasteiger partial charge in [0, 0.05) is 0 Å². The number of nitrogens with zero attached hydrogens (tertiary/aromatic N) is 1. The third-order valence-corrected chi connectivity index (χ3v) is 2.89. The molecule has 0 radical (unpaired) electrons. The van der Waals surface area contributed by atoms with Gasteiger partial charge in [0.2, 0.25) is 0 Å². The number of aliphatic imine (C=N–C) groups is 1. The summed E-state index contributed by atoms with van der Waals surface area (Å²) in [5.74, 6) is 0.717. The first-order chi connectivity index (χ1) is 10.8. The van der Waals surface area contributed by atoms with Crippen molar-refractivity contribution in [2.75, 3.05) is 6.61 Å². The van der Waals surface area contributed by atoms with Gasteiger partial charge in [-0.05, 0) is 31.5 Å². The van der Waals surface area contributed by atoms with Crippen molar-refractivity contribution in [3.05, 3.63) is 72.3 Å². The number of benzene rings is 2. The second-order valence-corrected chi connectivity index (χ2v) is 4.75. The van der Waals surface area contributed by atoms with E-state index < -0.39 is 0 Å². The first-order valence-corrected chi connectivity index (χ1v) is 7.44. The van der Waals surface area contributed by atoms with E-state index in [2.05, 4.69) is 17.1 Å². The summed E-state index contributed by atoms with van der Waals surface area (Å²) in [4.78, 5) is 4.46. The average Bonchev–Trinajstić information content (AvgIpc) is 2.55. The molecule has 0 aliphatic carbocycles. The normalized spacial score (nSPS) is 13.1. The van der Waals surface area contributed by atoms with Gasteiger partial charge in [-0.25, -0.2) is 4.99 Å². The van der Waals surface area contributed by atoms with Crippen molar-refractivity contribution in [3.63, 3.8) is 0 Å².